The van der Waals surface area contributed by atoms with Crippen molar-refractivity contribution in [1.82, 2.24) is 25.1 Å². The van der Waals surface area contributed by atoms with E-state index in [1.807, 2.05) is 6.92 Å². The number of nitrogens with one attached hydrogen (secondary N) is 1. The molecule has 11 heteroatoms. The van der Waals surface area contributed by atoms with Crippen molar-refractivity contribution in [3.8, 4) is 5.69 Å². The summed E-state index contributed by atoms with van der Waals surface area (Å²) in [4.78, 5) is 21.5. The van der Waals surface area contributed by atoms with Crippen LogP contribution in [0.5, 0.6) is 0 Å². The average Bonchev–Trinajstić information content (AvgIpc) is 3.22. The van der Waals surface area contributed by atoms with Gasteiger partial charge in [-0.3, -0.25) is 9.78 Å². The Labute approximate surface area is 195 Å². The molecule has 176 valence electrons. The van der Waals surface area contributed by atoms with Crippen molar-refractivity contribution >= 4 is 26.8 Å². The third kappa shape index (κ3) is 4.66. The Kier molecular flexibility index (Phi) is 6.40. The number of primary sulfonamides is 1. The summed E-state index contributed by atoms with van der Waals surface area (Å²) in [6.07, 6.45) is 7.09. The van der Waals surface area contributed by atoms with Gasteiger partial charge in [0.1, 0.15) is 5.82 Å². The van der Waals surface area contributed by atoms with Gasteiger partial charge in [0.25, 0.3) is 15.9 Å². The lowest BCUT2D eigenvalue weighted by Crippen LogP contribution is -2.31. The van der Waals surface area contributed by atoms with E-state index in [0.717, 1.165) is 5.56 Å². The largest absolute Gasteiger partial charge is 0.345 e. The van der Waals surface area contributed by atoms with Gasteiger partial charge in [0.15, 0.2) is 5.03 Å². The minimum Gasteiger partial charge on any atom is -0.345 e. The van der Waals surface area contributed by atoms with Crippen LogP contribution >= 0.6 is 0 Å². The summed E-state index contributed by atoms with van der Waals surface area (Å²) < 4.78 is 39.1. The van der Waals surface area contributed by atoms with Crippen molar-refractivity contribution in [3.63, 3.8) is 0 Å². The summed E-state index contributed by atoms with van der Waals surface area (Å²) in [6.45, 7) is 3.71. The van der Waals surface area contributed by atoms with E-state index < -0.39 is 22.0 Å². The Hall–Kier alpha value is -3.70. The van der Waals surface area contributed by atoms with Crippen molar-refractivity contribution in [1.29, 1.82) is 0 Å². The lowest BCUT2D eigenvalue weighted by molar-refractivity contribution is 0.0935. The number of nitrogens with two attached hydrogens (primary N) is 1. The molecule has 0 saturated heterocycles. The second-order valence-electron chi connectivity index (χ2n) is 7.92. The number of pyridine rings is 2. The quantitative estimate of drug-likeness (QED) is 0.416. The number of fused-ring (bicyclic) bond motifs is 1. The van der Waals surface area contributed by atoms with Crippen LogP contribution in [0.3, 0.4) is 0 Å². The maximum absolute atomic E-state index is 13.3. The summed E-state index contributed by atoms with van der Waals surface area (Å²) in [7, 11) is -4.09. The first-order valence-electron chi connectivity index (χ1n) is 10.6. The molecule has 3 N–H and O–H groups in total. The van der Waals surface area contributed by atoms with Crippen LogP contribution in [0.25, 0.3) is 16.6 Å². The molecule has 1 atom stereocenters. The first-order valence-corrected chi connectivity index (χ1v) is 12.1. The van der Waals surface area contributed by atoms with Crippen molar-refractivity contribution in [2.45, 2.75) is 37.8 Å². The highest BCUT2D eigenvalue weighted by Crippen LogP contribution is 2.27. The molecule has 9 nitrogen and oxygen atoms in total. The molecule has 4 rings (SSSR count). The first kappa shape index (κ1) is 23.5. The fourth-order valence-corrected chi connectivity index (χ4v) is 4.54. The van der Waals surface area contributed by atoms with E-state index in [1.54, 1.807) is 36.0 Å². The number of carbonyl (C=O) groups excluding carboxylic acids is 1. The summed E-state index contributed by atoms with van der Waals surface area (Å²) >= 11 is 0. The molecule has 0 unspecified atom stereocenters. The van der Waals surface area contributed by atoms with Crippen molar-refractivity contribution < 1.29 is 17.6 Å². The lowest BCUT2D eigenvalue weighted by atomic mass is 10.0. The molecule has 0 aliphatic rings. The molecule has 3 aromatic heterocycles. The summed E-state index contributed by atoms with van der Waals surface area (Å²) in [5.74, 6) is -0.818. The Morgan fingerprint density at radius 3 is 2.59 bits per heavy atom. The smallest absolute Gasteiger partial charge is 0.255 e. The van der Waals surface area contributed by atoms with Gasteiger partial charge >= 0.3 is 0 Å². The van der Waals surface area contributed by atoms with E-state index in [2.05, 4.69) is 20.4 Å². The standard InChI is InChI=1S/C23H23FN6O3S/c1-3-4-20(17-9-14(2)10-27-23(17)34(25,32)33)29-22(31)19-11-26-13-21-18(19)12-28-30(21)16-7-5-15(24)6-8-16/h5-13,20H,3-4H2,1-2H3,(H,29,31)(H2,25,32,33)/t20-/m0/s1. The predicted molar refractivity (Wildman–Crippen MR) is 124 cm³/mol. The van der Waals surface area contributed by atoms with E-state index in [1.165, 1.54) is 30.7 Å². The maximum Gasteiger partial charge on any atom is 0.255 e. The number of amides is 1. The number of aromatic nitrogens is 4. The van der Waals surface area contributed by atoms with Crippen LogP contribution < -0.4 is 10.5 Å². The number of nitrogens with zero attached hydrogens (tertiary/aromatic N) is 4. The number of rotatable bonds is 7. The highest BCUT2D eigenvalue weighted by Gasteiger charge is 2.25. The van der Waals surface area contributed by atoms with Gasteiger partial charge in [-0.1, -0.05) is 13.3 Å². The van der Waals surface area contributed by atoms with Gasteiger partial charge in [0.2, 0.25) is 0 Å². The number of carbonyl (C=O) groups is 1. The zero-order chi connectivity index (χ0) is 24.5. The minimum atomic E-state index is -4.09. The van der Waals surface area contributed by atoms with Gasteiger partial charge < -0.3 is 5.32 Å². The van der Waals surface area contributed by atoms with E-state index in [4.69, 9.17) is 5.14 Å². The van der Waals surface area contributed by atoms with Gasteiger partial charge in [0, 0.05) is 23.3 Å². The molecule has 0 fully saturated rings. The summed E-state index contributed by atoms with van der Waals surface area (Å²) in [5.41, 5.74) is 2.52. The Morgan fingerprint density at radius 2 is 1.91 bits per heavy atom. The molecule has 0 radical (unpaired) electrons. The molecule has 34 heavy (non-hydrogen) atoms. The molecule has 0 bridgehead atoms. The van der Waals surface area contributed by atoms with Gasteiger partial charge in [-0.2, -0.15) is 5.10 Å². The zero-order valence-corrected chi connectivity index (χ0v) is 19.4. The summed E-state index contributed by atoms with van der Waals surface area (Å²) in [6, 6.07) is 6.82. The van der Waals surface area contributed by atoms with Gasteiger partial charge in [0.05, 0.1) is 35.2 Å². The fourth-order valence-electron chi connectivity index (χ4n) is 3.81. The second kappa shape index (κ2) is 9.27. The van der Waals surface area contributed by atoms with Crippen LogP contribution in [0.2, 0.25) is 0 Å². The number of sulfonamides is 1. The summed E-state index contributed by atoms with van der Waals surface area (Å²) in [5, 5.41) is 12.9. The minimum absolute atomic E-state index is 0.266. The molecular weight excluding hydrogens is 459 g/mol. The highest BCUT2D eigenvalue weighted by atomic mass is 32.2. The molecular formula is C23H23FN6O3S. The van der Waals surface area contributed by atoms with Crippen LogP contribution in [0.4, 0.5) is 4.39 Å². The molecule has 3 heterocycles. The monoisotopic (exact) mass is 482 g/mol. The average molecular weight is 483 g/mol. The number of benzene rings is 1. The van der Waals surface area contributed by atoms with Crippen LogP contribution in [0.15, 0.2) is 60.1 Å². The third-order valence-corrected chi connectivity index (χ3v) is 6.24. The van der Waals surface area contributed by atoms with Crippen LogP contribution in [-0.2, 0) is 10.0 Å². The van der Waals surface area contributed by atoms with Crippen molar-refractivity contribution in [2.24, 2.45) is 5.14 Å². The lowest BCUT2D eigenvalue weighted by Gasteiger charge is -2.21. The SMILES string of the molecule is CCC[C@H](NC(=O)c1cncc2c1cnn2-c1ccc(F)cc1)c1cc(C)cnc1S(N)(=O)=O. The van der Waals surface area contributed by atoms with Crippen LogP contribution in [0.1, 0.15) is 47.3 Å². The zero-order valence-electron chi connectivity index (χ0n) is 18.6. The topological polar surface area (TPSA) is 133 Å². The number of hydrogen-bond acceptors (Lipinski definition) is 6. The van der Waals surface area contributed by atoms with Gasteiger partial charge in [-0.05, 0) is 49.2 Å². The predicted octanol–water partition coefficient (Wildman–Crippen LogP) is 3.18. The van der Waals surface area contributed by atoms with Crippen molar-refractivity contribution in [2.75, 3.05) is 0 Å². The normalized spacial score (nSPS) is 12.6. The third-order valence-electron chi connectivity index (χ3n) is 5.36. The highest BCUT2D eigenvalue weighted by molar-refractivity contribution is 7.89. The van der Waals surface area contributed by atoms with Crippen LogP contribution in [-0.4, -0.2) is 34.1 Å². The molecule has 1 amide bonds. The molecule has 1 aromatic carbocycles. The molecule has 0 saturated carbocycles. The van der Waals surface area contributed by atoms with Crippen molar-refractivity contribution in [3.05, 3.63) is 77.6 Å². The molecule has 0 aliphatic heterocycles. The fraction of sp³-hybridized carbons (Fsp3) is 0.217. The van der Waals surface area contributed by atoms with E-state index in [9.17, 15) is 17.6 Å². The van der Waals surface area contributed by atoms with Gasteiger partial charge in [-0.15, -0.1) is 0 Å². The Bertz CT molecular complexity index is 1470. The van der Waals surface area contributed by atoms with E-state index in [0.29, 0.717) is 35.0 Å². The molecule has 0 spiro atoms. The van der Waals surface area contributed by atoms with E-state index >= 15 is 0 Å². The first-order chi connectivity index (χ1) is 16.2. The van der Waals surface area contributed by atoms with Crippen LogP contribution in [0, 0.1) is 12.7 Å². The molecule has 4 aromatic rings. The van der Waals surface area contributed by atoms with E-state index in [-0.39, 0.29) is 16.4 Å². The number of hydrogen-bond donors (Lipinski definition) is 2. The number of halogens is 1. The Balaban J connectivity index is 1.72. The second-order valence-corrected chi connectivity index (χ2v) is 9.40. The maximum atomic E-state index is 13.3. The van der Waals surface area contributed by atoms with Gasteiger partial charge in [-0.25, -0.2) is 27.6 Å². The Morgan fingerprint density at radius 1 is 1.18 bits per heavy atom. The number of aryl methyl sites for hydroxylation is 1. The molecule has 0 aliphatic carbocycles.